The maximum absolute atomic E-state index is 5.58. The fourth-order valence-corrected chi connectivity index (χ4v) is 2.83. The first-order valence-electron chi connectivity index (χ1n) is 6.91. The summed E-state index contributed by atoms with van der Waals surface area (Å²) >= 11 is 0. The van der Waals surface area contributed by atoms with Crippen molar-refractivity contribution in [2.45, 2.75) is 26.3 Å². The first kappa shape index (κ1) is 11.5. The van der Waals surface area contributed by atoms with Gasteiger partial charge in [-0.1, -0.05) is 6.92 Å². The van der Waals surface area contributed by atoms with Crippen LogP contribution in [0.5, 0.6) is 0 Å². The molecule has 4 rings (SSSR count). The molecular formula is C15H16N4O. The number of rotatable bonds is 1. The molecule has 20 heavy (non-hydrogen) atoms. The molecule has 3 heterocycles. The van der Waals surface area contributed by atoms with Crippen molar-refractivity contribution in [3.8, 4) is 11.3 Å². The summed E-state index contributed by atoms with van der Waals surface area (Å²) in [7, 11) is 0. The molecule has 1 aliphatic heterocycles. The maximum Gasteiger partial charge on any atom is 0.292 e. The number of anilines is 1. The third-order valence-corrected chi connectivity index (χ3v) is 3.95. The number of imidazole rings is 1. The van der Waals surface area contributed by atoms with Crippen LogP contribution in [-0.2, 0) is 13.0 Å². The summed E-state index contributed by atoms with van der Waals surface area (Å²) in [6.07, 6.45) is 4.41. The summed E-state index contributed by atoms with van der Waals surface area (Å²) in [6.45, 7) is 3.34. The molecule has 5 heteroatoms. The molecule has 1 aliphatic rings. The Morgan fingerprint density at radius 1 is 1.35 bits per heavy atom. The van der Waals surface area contributed by atoms with Gasteiger partial charge in [0.2, 0.25) is 0 Å². The fourth-order valence-electron chi connectivity index (χ4n) is 2.83. The lowest BCUT2D eigenvalue weighted by molar-refractivity contribution is 0.409. The smallest absolute Gasteiger partial charge is 0.292 e. The van der Waals surface area contributed by atoms with Gasteiger partial charge in [0.05, 0.1) is 5.69 Å². The second kappa shape index (κ2) is 4.10. The Morgan fingerprint density at radius 2 is 2.25 bits per heavy atom. The highest BCUT2D eigenvalue weighted by Gasteiger charge is 2.18. The van der Waals surface area contributed by atoms with E-state index in [0.29, 0.717) is 5.58 Å². The number of fused-ring (bicyclic) bond motifs is 2. The van der Waals surface area contributed by atoms with Crippen LogP contribution in [0.25, 0.3) is 22.4 Å². The van der Waals surface area contributed by atoms with Crippen LogP contribution in [0.3, 0.4) is 0 Å². The fraction of sp³-hybridized carbons (Fsp3) is 0.333. The summed E-state index contributed by atoms with van der Waals surface area (Å²) in [5.41, 5.74) is 9.12. The molecule has 0 aliphatic carbocycles. The molecule has 1 unspecified atom stereocenters. The van der Waals surface area contributed by atoms with Gasteiger partial charge in [-0.05, 0) is 30.5 Å². The molecule has 5 nitrogen and oxygen atoms in total. The van der Waals surface area contributed by atoms with Gasteiger partial charge < -0.3 is 14.7 Å². The van der Waals surface area contributed by atoms with Crippen LogP contribution in [0, 0.1) is 5.92 Å². The lowest BCUT2D eigenvalue weighted by Crippen LogP contribution is -2.16. The van der Waals surface area contributed by atoms with Gasteiger partial charge in [0.1, 0.15) is 11.3 Å². The molecule has 102 valence electrons. The summed E-state index contributed by atoms with van der Waals surface area (Å²) in [6, 6.07) is 6.09. The van der Waals surface area contributed by atoms with E-state index in [2.05, 4.69) is 22.7 Å². The highest BCUT2D eigenvalue weighted by atomic mass is 16.4. The maximum atomic E-state index is 5.58. The molecule has 0 spiro atoms. The zero-order chi connectivity index (χ0) is 13.7. The van der Waals surface area contributed by atoms with Crippen molar-refractivity contribution >= 4 is 17.1 Å². The van der Waals surface area contributed by atoms with Crippen LogP contribution < -0.4 is 5.73 Å². The van der Waals surface area contributed by atoms with E-state index in [-0.39, 0.29) is 6.01 Å². The Bertz CT molecular complexity index is 786. The van der Waals surface area contributed by atoms with Crippen molar-refractivity contribution in [1.82, 2.24) is 14.5 Å². The van der Waals surface area contributed by atoms with Crippen molar-refractivity contribution in [3.63, 3.8) is 0 Å². The topological polar surface area (TPSA) is 69.9 Å². The van der Waals surface area contributed by atoms with E-state index in [4.69, 9.17) is 15.1 Å². The molecular weight excluding hydrogens is 252 g/mol. The minimum absolute atomic E-state index is 0.204. The number of hydrogen-bond donors (Lipinski definition) is 1. The van der Waals surface area contributed by atoms with Crippen molar-refractivity contribution < 1.29 is 4.42 Å². The minimum Gasteiger partial charge on any atom is -0.424 e. The second-order valence-corrected chi connectivity index (χ2v) is 5.57. The predicted octanol–water partition coefficient (Wildman–Crippen LogP) is 2.86. The van der Waals surface area contributed by atoms with Crippen LogP contribution in [0.4, 0.5) is 6.01 Å². The van der Waals surface area contributed by atoms with E-state index in [9.17, 15) is 0 Å². The molecule has 2 N–H and O–H groups in total. The van der Waals surface area contributed by atoms with E-state index in [1.54, 1.807) is 0 Å². The molecule has 0 saturated heterocycles. The summed E-state index contributed by atoms with van der Waals surface area (Å²) in [5, 5.41) is 0. The second-order valence-electron chi connectivity index (χ2n) is 5.57. The molecule has 0 bridgehead atoms. The SMILES string of the molecule is CC1CCn2cc(-c3ccc4oc(N)nc4c3)nc2C1. The number of nitrogens with zero attached hydrogens (tertiary/aromatic N) is 3. The van der Waals surface area contributed by atoms with E-state index in [1.807, 2.05) is 18.2 Å². The van der Waals surface area contributed by atoms with E-state index >= 15 is 0 Å². The Kier molecular flexibility index (Phi) is 2.36. The lowest BCUT2D eigenvalue weighted by atomic mass is 10.0. The minimum atomic E-state index is 0.204. The summed E-state index contributed by atoms with van der Waals surface area (Å²) < 4.78 is 7.56. The number of aryl methyl sites for hydroxylation is 1. The van der Waals surface area contributed by atoms with Gasteiger partial charge in [-0.15, -0.1) is 0 Å². The Morgan fingerprint density at radius 3 is 3.15 bits per heavy atom. The van der Waals surface area contributed by atoms with Gasteiger partial charge in [-0.3, -0.25) is 0 Å². The van der Waals surface area contributed by atoms with Crippen LogP contribution in [0.2, 0.25) is 0 Å². The van der Waals surface area contributed by atoms with E-state index in [1.165, 1.54) is 12.2 Å². The number of benzene rings is 1. The molecule has 1 atom stereocenters. The van der Waals surface area contributed by atoms with Crippen LogP contribution in [0.15, 0.2) is 28.8 Å². The standard InChI is InChI=1S/C15H16N4O/c1-9-4-5-19-8-12(17-14(19)6-9)10-2-3-13-11(7-10)18-15(16)20-13/h2-3,7-9H,4-6H2,1H3,(H2,16,18). The van der Waals surface area contributed by atoms with Crippen LogP contribution >= 0.6 is 0 Å². The Labute approximate surface area is 116 Å². The summed E-state index contributed by atoms with van der Waals surface area (Å²) in [5.74, 6) is 1.90. The number of aromatic nitrogens is 3. The highest BCUT2D eigenvalue weighted by Crippen LogP contribution is 2.27. The normalized spacial score (nSPS) is 18.4. The van der Waals surface area contributed by atoms with Gasteiger partial charge in [0, 0.05) is 24.7 Å². The molecule has 1 aromatic carbocycles. The Hall–Kier alpha value is -2.30. The molecule has 0 saturated carbocycles. The zero-order valence-electron chi connectivity index (χ0n) is 11.3. The molecule has 0 fully saturated rings. The van der Waals surface area contributed by atoms with Crippen molar-refractivity contribution in [1.29, 1.82) is 0 Å². The molecule has 0 amide bonds. The van der Waals surface area contributed by atoms with Gasteiger partial charge in [-0.25, -0.2) is 4.98 Å². The van der Waals surface area contributed by atoms with Crippen molar-refractivity contribution in [2.75, 3.05) is 5.73 Å². The largest absolute Gasteiger partial charge is 0.424 e. The predicted molar refractivity (Wildman–Crippen MR) is 77.1 cm³/mol. The van der Waals surface area contributed by atoms with Gasteiger partial charge >= 0.3 is 0 Å². The van der Waals surface area contributed by atoms with Gasteiger partial charge in [0.15, 0.2) is 5.58 Å². The number of nitrogens with two attached hydrogens (primary N) is 1. The van der Waals surface area contributed by atoms with Crippen LogP contribution in [-0.4, -0.2) is 14.5 Å². The third-order valence-electron chi connectivity index (χ3n) is 3.95. The first-order chi connectivity index (χ1) is 9.69. The van der Waals surface area contributed by atoms with Gasteiger partial charge in [0.25, 0.3) is 6.01 Å². The van der Waals surface area contributed by atoms with E-state index < -0.39 is 0 Å². The van der Waals surface area contributed by atoms with Crippen molar-refractivity contribution in [3.05, 3.63) is 30.2 Å². The van der Waals surface area contributed by atoms with Gasteiger partial charge in [-0.2, -0.15) is 4.98 Å². The zero-order valence-corrected chi connectivity index (χ0v) is 11.3. The average Bonchev–Trinajstić information content (AvgIpc) is 2.99. The number of oxazole rings is 1. The summed E-state index contributed by atoms with van der Waals surface area (Å²) in [4.78, 5) is 8.93. The van der Waals surface area contributed by atoms with E-state index in [0.717, 1.165) is 35.7 Å². The molecule has 3 aromatic rings. The number of hydrogen-bond acceptors (Lipinski definition) is 4. The monoisotopic (exact) mass is 268 g/mol. The lowest BCUT2D eigenvalue weighted by Gasteiger charge is -2.18. The average molecular weight is 268 g/mol. The number of nitrogen functional groups attached to an aromatic ring is 1. The quantitative estimate of drug-likeness (QED) is 0.736. The molecule has 0 radical (unpaired) electrons. The Balaban J connectivity index is 1.78. The first-order valence-corrected chi connectivity index (χ1v) is 6.91. The van der Waals surface area contributed by atoms with Crippen LogP contribution in [0.1, 0.15) is 19.2 Å². The van der Waals surface area contributed by atoms with Crippen molar-refractivity contribution in [2.24, 2.45) is 5.92 Å². The third kappa shape index (κ3) is 1.78. The highest BCUT2D eigenvalue weighted by molar-refractivity contribution is 5.80. The molecule has 2 aromatic heterocycles.